The van der Waals surface area contributed by atoms with Crippen LogP contribution in [0.15, 0.2) is 24.3 Å². The lowest BCUT2D eigenvalue weighted by Crippen LogP contribution is -2.28. The predicted octanol–water partition coefficient (Wildman–Crippen LogP) is 0.107. The number of carbonyl (C=O) groups is 2. The Kier molecular flexibility index (Phi) is 2.52. The lowest BCUT2D eigenvalue weighted by Gasteiger charge is -2.17. The first kappa shape index (κ1) is 10.5. The molecule has 84 valence electrons. The zero-order valence-electron chi connectivity index (χ0n) is 8.72. The smallest absolute Gasteiger partial charge is 0.227 e. The molecule has 16 heavy (non-hydrogen) atoms. The van der Waals surface area contributed by atoms with Gasteiger partial charge in [0.05, 0.1) is 17.3 Å². The van der Waals surface area contributed by atoms with Crippen LogP contribution in [0.1, 0.15) is 6.42 Å². The fourth-order valence-corrected chi connectivity index (χ4v) is 1.86. The number of nitrogens with two attached hydrogens (primary N) is 2. The molecule has 1 aromatic rings. The Bertz CT molecular complexity index is 445. The van der Waals surface area contributed by atoms with Gasteiger partial charge in [0.2, 0.25) is 11.8 Å². The number of benzene rings is 1. The van der Waals surface area contributed by atoms with Crippen molar-refractivity contribution in [2.45, 2.75) is 6.42 Å². The molecular weight excluding hydrogens is 206 g/mol. The van der Waals surface area contributed by atoms with Crippen molar-refractivity contribution in [3.05, 3.63) is 24.3 Å². The fourth-order valence-electron chi connectivity index (χ4n) is 1.86. The highest BCUT2D eigenvalue weighted by Gasteiger charge is 2.34. The van der Waals surface area contributed by atoms with E-state index in [1.165, 1.54) is 4.90 Å². The normalized spacial score (nSPS) is 20.1. The number of nitrogen functional groups attached to an aromatic ring is 1. The van der Waals surface area contributed by atoms with Crippen LogP contribution < -0.4 is 16.4 Å². The van der Waals surface area contributed by atoms with E-state index in [1.54, 1.807) is 24.3 Å². The molecule has 1 fully saturated rings. The number of primary amides is 1. The second-order valence-electron chi connectivity index (χ2n) is 3.87. The average molecular weight is 219 g/mol. The maximum absolute atomic E-state index is 11.7. The van der Waals surface area contributed by atoms with E-state index in [1.807, 2.05) is 0 Å². The molecule has 0 spiro atoms. The van der Waals surface area contributed by atoms with Crippen molar-refractivity contribution in [3.8, 4) is 0 Å². The molecule has 0 bridgehead atoms. The molecule has 1 atom stereocenters. The molecule has 0 aromatic heterocycles. The largest absolute Gasteiger partial charge is 0.397 e. The Hall–Kier alpha value is -2.04. The van der Waals surface area contributed by atoms with E-state index in [0.717, 1.165) is 0 Å². The molecule has 2 amide bonds. The van der Waals surface area contributed by atoms with Crippen molar-refractivity contribution in [2.24, 2.45) is 11.7 Å². The standard InChI is InChI=1S/C11H13N3O2/c12-8-3-1-2-4-9(8)14-6-7(11(13)16)5-10(14)15/h1-4,7H,5-6,12H2,(H2,13,16). The second kappa shape index (κ2) is 3.84. The van der Waals surface area contributed by atoms with Crippen LogP contribution >= 0.6 is 0 Å². The van der Waals surface area contributed by atoms with Crippen molar-refractivity contribution in [1.82, 2.24) is 0 Å². The average Bonchev–Trinajstić information content (AvgIpc) is 2.61. The molecular formula is C11H13N3O2. The van der Waals surface area contributed by atoms with Crippen LogP contribution in [0.3, 0.4) is 0 Å². The van der Waals surface area contributed by atoms with Gasteiger partial charge in [0.25, 0.3) is 0 Å². The van der Waals surface area contributed by atoms with Crippen molar-refractivity contribution in [2.75, 3.05) is 17.2 Å². The molecule has 1 heterocycles. The molecule has 1 aromatic carbocycles. The minimum atomic E-state index is -0.439. The molecule has 5 heteroatoms. The van der Waals surface area contributed by atoms with Gasteiger partial charge in [-0.15, -0.1) is 0 Å². The van der Waals surface area contributed by atoms with Crippen molar-refractivity contribution < 1.29 is 9.59 Å². The number of para-hydroxylation sites is 2. The number of carbonyl (C=O) groups excluding carboxylic acids is 2. The molecule has 0 saturated carbocycles. The Labute approximate surface area is 93.0 Å². The van der Waals surface area contributed by atoms with Gasteiger partial charge in [-0.25, -0.2) is 0 Å². The summed E-state index contributed by atoms with van der Waals surface area (Å²) in [7, 11) is 0. The maximum atomic E-state index is 11.7. The minimum absolute atomic E-state index is 0.110. The maximum Gasteiger partial charge on any atom is 0.227 e. The van der Waals surface area contributed by atoms with Crippen LogP contribution in [0.2, 0.25) is 0 Å². The molecule has 1 aliphatic heterocycles. The number of anilines is 2. The Morgan fingerprint density at radius 3 is 2.62 bits per heavy atom. The van der Waals surface area contributed by atoms with E-state index in [2.05, 4.69) is 0 Å². The van der Waals surface area contributed by atoms with E-state index in [9.17, 15) is 9.59 Å². The molecule has 4 N–H and O–H groups in total. The first-order chi connectivity index (χ1) is 7.59. The third kappa shape index (κ3) is 1.71. The summed E-state index contributed by atoms with van der Waals surface area (Å²) in [5.74, 6) is -0.959. The van der Waals surface area contributed by atoms with Gasteiger partial charge < -0.3 is 16.4 Å². The number of hydrogen-bond donors (Lipinski definition) is 2. The molecule has 1 unspecified atom stereocenters. The quantitative estimate of drug-likeness (QED) is 0.691. The number of rotatable bonds is 2. The van der Waals surface area contributed by atoms with E-state index in [4.69, 9.17) is 11.5 Å². The summed E-state index contributed by atoms with van der Waals surface area (Å²) in [5, 5.41) is 0. The van der Waals surface area contributed by atoms with E-state index in [0.29, 0.717) is 17.9 Å². The first-order valence-electron chi connectivity index (χ1n) is 5.04. The van der Waals surface area contributed by atoms with Gasteiger partial charge >= 0.3 is 0 Å². The van der Waals surface area contributed by atoms with Crippen molar-refractivity contribution >= 4 is 23.2 Å². The highest BCUT2D eigenvalue weighted by molar-refractivity contribution is 6.01. The highest BCUT2D eigenvalue weighted by atomic mass is 16.2. The van der Waals surface area contributed by atoms with Gasteiger partial charge in [-0.3, -0.25) is 9.59 Å². The molecule has 5 nitrogen and oxygen atoms in total. The monoisotopic (exact) mass is 219 g/mol. The summed E-state index contributed by atoms with van der Waals surface area (Å²) >= 11 is 0. The summed E-state index contributed by atoms with van der Waals surface area (Å²) in [4.78, 5) is 24.2. The van der Waals surface area contributed by atoms with Gasteiger partial charge in [-0.05, 0) is 12.1 Å². The second-order valence-corrected chi connectivity index (χ2v) is 3.87. The highest BCUT2D eigenvalue weighted by Crippen LogP contribution is 2.29. The van der Waals surface area contributed by atoms with Gasteiger partial charge in [-0.2, -0.15) is 0 Å². The molecule has 0 radical (unpaired) electrons. The SMILES string of the molecule is NC(=O)C1CC(=O)N(c2ccccc2N)C1. The Morgan fingerprint density at radius 1 is 1.38 bits per heavy atom. The summed E-state index contributed by atoms with van der Waals surface area (Å²) < 4.78 is 0. The topological polar surface area (TPSA) is 89.4 Å². The predicted molar refractivity (Wildman–Crippen MR) is 60.5 cm³/mol. The van der Waals surface area contributed by atoms with Crippen LogP contribution in [0.25, 0.3) is 0 Å². The van der Waals surface area contributed by atoms with Gasteiger partial charge in [0.15, 0.2) is 0 Å². The lowest BCUT2D eigenvalue weighted by atomic mass is 10.1. The Morgan fingerprint density at radius 2 is 2.06 bits per heavy atom. The zero-order chi connectivity index (χ0) is 11.7. The van der Waals surface area contributed by atoms with Crippen LogP contribution in [0.4, 0.5) is 11.4 Å². The van der Waals surface area contributed by atoms with Gasteiger partial charge in [-0.1, -0.05) is 12.1 Å². The van der Waals surface area contributed by atoms with E-state index in [-0.39, 0.29) is 12.3 Å². The number of amides is 2. The zero-order valence-corrected chi connectivity index (χ0v) is 8.72. The minimum Gasteiger partial charge on any atom is -0.397 e. The summed E-state index contributed by atoms with van der Waals surface area (Å²) in [6.07, 6.45) is 0.170. The molecule has 2 rings (SSSR count). The number of nitrogens with zero attached hydrogens (tertiary/aromatic N) is 1. The third-order valence-electron chi connectivity index (χ3n) is 2.75. The summed E-state index contributed by atoms with van der Waals surface area (Å²) in [5.41, 5.74) is 12.1. The van der Waals surface area contributed by atoms with Gasteiger partial charge in [0, 0.05) is 13.0 Å². The van der Waals surface area contributed by atoms with Crippen molar-refractivity contribution in [3.63, 3.8) is 0 Å². The summed E-state index contributed by atoms with van der Waals surface area (Å²) in [6.45, 7) is 0.322. The van der Waals surface area contributed by atoms with Crippen LogP contribution in [0.5, 0.6) is 0 Å². The lowest BCUT2D eigenvalue weighted by molar-refractivity contribution is -0.123. The van der Waals surface area contributed by atoms with E-state index >= 15 is 0 Å². The third-order valence-corrected chi connectivity index (χ3v) is 2.75. The first-order valence-corrected chi connectivity index (χ1v) is 5.04. The van der Waals surface area contributed by atoms with Crippen LogP contribution in [0, 0.1) is 5.92 Å². The van der Waals surface area contributed by atoms with E-state index < -0.39 is 11.8 Å². The van der Waals surface area contributed by atoms with Crippen molar-refractivity contribution in [1.29, 1.82) is 0 Å². The van der Waals surface area contributed by atoms with Gasteiger partial charge in [0.1, 0.15) is 0 Å². The molecule has 1 aliphatic rings. The Balaban J connectivity index is 2.27. The molecule has 1 saturated heterocycles. The molecule has 0 aliphatic carbocycles. The van der Waals surface area contributed by atoms with Crippen LogP contribution in [-0.4, -0.2) is 18.4 Å². The summed E-state index contributed by atoms with van der Waals surface area (Å²) in [6, 6.07) is 7.08. The number of hydrogen-bond acceptors (Lipinski definition) is 3. The fraction of sp³-hybridized carbons (Fsp3) is 0.273. The van der Waals surface area contributed by atoms with Crippen LogP contribution in [-0.2, 0) is 9.59 Å².